The summed E-state index contributed by atoms with van der Waals surface area (Å²) in [4.78, 5) is 39.0. The maximum Gasteiger partial charge on any atom is 0.306 e. The van der Waals surface area contributed by atoms with Crippen LogP contribution in [0.3, 0.4) is 0 Å². The first kappa shape index (κ1) is 20.4. The molecule has 0 radical (unpaired) electrons. The minimum Gasteiger partial charge on any atom is -0.497 e. The Kier molecular flexibility index (Phi) is 6.49. The molecule has 1 saturated heterocycles. The van der Waals surface area contributed by atoms with E-state index in [9.17, 15) is 14.4 Å². The van der Waals surface area contributed by atoms with Crippen LogP contribution in [0.1, 0.15) is 18.9 Å². The smallest absolute Gasteiger partial charge is 0.306 e. The molecule has 1 N–H and O–H groups in total. The van der Waals surface area contributed by atoms with Crippen molar-refractivity contribution in [3.05, 3.63) is 60.2 Å². The van der Waals surface area contributed by atoms with Gasteiger partial charge in [-0.25, -0.2) is 0 Å². The standard InChI is InChI=1S/C22H24N2O5/c1-3-29-19(25)13-18-20(21(26)23-14-15-7-5-4-6-8-15)24(22(18)27)16-9-11-17(28-2)12-10-16/h4-12,18,20H,3,13-14H2,1-2H3,(H,23,26)/t18-,20-/m0/s1. The molecule has 1 aliphatic heterocycles. The molecule has 0 aliphatic carbocycles. The van der Waals surface area contributed by atoms with Crippen LogP contribution in [-0.4, -0.2) is 37.5 Å². The summed E-state index contributed by atoms with van der Waals surface area (Å²) in [6.07, 6.45) is -0.122. The Morgan fingerprint density at radius 2 is 1.76 bits per heavy atom. The number of amides is 2. The van der Waals surface area contributed by atoms with Crippen molar-refractivity contribution in [2.24, 2.45) is 5.92 Å². The van der Waals surface area contributed by atoms with Crippen LogP contribution in [0.4, 0.5) is 5.69 Å². The summed E-state index contributed by atoms with van der Waals surface area (Å²) in [5.74, 6) is -1.16. The number of nitrogens with zero attached hydrogens (tertiary/aromatic N) is 1. The number of carbonyl (C=O) groups is 3. The number of hydrogen-bond donors (Lipinski definition) is 1. The van der Waals surface area contributed by atoms with Crippen molar-refractivity contribution < 1.29 is 23.9 Å². The molecule has 7 nitrogen and oxygen atoms in total. The molecule has 1 fully saturated rings. The lowest BCUT2D eigenvalue weighted by Crippen LogP contribution is -2.67. The molecular formula is C22H24N2O5. The molecule has 0 aromatic heterocycles. The molecule has 0 bridgehead atoms. The average Bonchev–Trinajstić information content (AvgIpc) is 2.75. The highest BCUT2D eigenvalue weighted by molar-refractivity contribution is 6.12. The van der Waals surface area contributed by atoms with E-state index in [-0.39, 0.29) is 24.8 Å². The number of methoxy groups -OCH3 is 1. The second kappa shape index (κ2) is 9.23. The molecule has 2 amide bonds. The van der Waals surface area contributed by atoms with Crippen molar-refractivity contribution in [1.29, 1.82) is 0 Å². The Labute approximate surface area is 169 Å². The summed E-state index contributed by atoms with van der Waals surface area (Å²) in [6, 6.07) is 15.6. The number of nitrogens with one attached hydrogen (secondary N) is 1. The van der Waals surface area contributed by atoms with Crippen LogP contribution >= 0.6 is 0 Å². The van der Waals surface area contributed by atoms with Gasteiger partial charge < -0.3 is 14.8 Å². The Morgan fingerprint density at radius 3 is 2.38 bits per heavy atom. The van der Waals surface area contributed by atoms with Gasteiger partial charge in [-0.15, -0.1) is 0 Å². The van der Waals surface area contributed by atoms with Gasteiger partial charge in [0.2, 0.25) is 11.8 Å². The summed E-state index contributed by atoms with van der Waals surface area (Å²) in [7, 11) is 1.55. The molecule has 1 aliphatic rings. The first-order chi connectivity index (χ1) is 14.0. The SMILES string of the molecule is CCOC(=O)C[C@@H]1C(=O)N(c2ccc(OC)cc2)[C@@H]1C(=O)NCc1ccccc1. The third kappa shape index (κ3) is 4.56. The van der Waals surface area contributed by atoms with E-state index in [1.165, 1.54) is 4.90 Å². The molecule has 0 saturated carbocycles. The molecule has 2 atom stereocenters. The molecule has 3 rings (SSSR count). The highest BCUT2D eigenvalue weighted by atomic mass is 16.5. The number of benzene rings is 2. The zero-order chi connectivity index (χ0) is 20.8. The van der Waals surface area contributed by atoms with Crippen LogP contribution in [0.25, 0.3) is 0 Å². The quantitative estimate of drug-likeness (QED) is 0.547. The second-order valence-corrected chi connectivity index (χ2v) is 6.67. The highest BCUT2D eigenvalue weighted by Crippen LogP contribution is 2.36. The normalized spacial score (nSPS) is 18.0. The predicted octanol–water partition coefficient (Wildman–Crippen LogP) is 2.30. The average molecular weight is 396 g/mol. The molecule has 1 heterocycles. The van der Waals surface area contributed by atoms with Gasteiger partial charge in [0, 0.05) is 12.2 Å². The van der Waals surface area contributed by atoms with Gasteiger partial charge in [0.25, 0.3) is 0 Å². The summed E-state index contributed by atoms with van der Waals surface area (Å²) in [5.41, 5.74) is 1.53. The molecule has 29 heavy (non-hydrogen) atoms. The second-order valence-electron chi connectivity index (χ2n) is 6.67. The van der Waals surface area contributed by atoms with Crippen LogP contribution in [0.2, 0.25) is 0 Å². The fraction of sp³-hybridized carbons (Fsp3) is 0.318. The van der Waals surface area contributed by atoms with Gasteiger partial charge in [-0.2, -0.15) is 0 Å². The molecular weight excluding hydrogens is 372 g/mol. The monoisotopic (exact) mass is 396 g/mol. The Bertz CT molecular complexity index is 867. The van der Waals surface area contributed by atoms with Crippen LogP contribution in [0.15, 0.2) is 54.6 Å². The minimum absolute atomic E-state index is 0.122. The highest BCUT2D eigenvalue weighted by Gasteiger charge is 2.52. The Hall–Kier alpha value is -3.35. The van der Waals surface area contributed by atoms with Crippen molar-refractivity contribution in [2.75, 3.05) is 18.6 Å². The molecule has 0 spiro atoms. The molecule has 152 valence electrons. The van der Waals surface area contributed by atoms with Crippen molar-refractivity contribution >= 4 is 23.5 Å². The lowest BCUT2D eigenvalue weighted by molar-refractivity contribution is -0.150. The number of hydrogen-bond acceptors (Lipinski definition) is 5. The van der Waals surface area contributed by atoms with E-state index in [1.807, 2.05) is 30.3 Å². The predicted molar refractivity (Wildman–Crippen MR) is 107 cm³/mol. The lowest BCUT2D eigenvalue weighted by Gasteiger charge is -2.45. The van der Waals surface area contributed by atoms with Gasteiger partial charge in [0.05, 0.1) is 26.1 Å². The lowest BCUT2D eigenvalue weighted by atomic mass is 9.83. The van der Waals surface area contributed by atoms with Gasteiger partial charge in [-0.3, -0.25) is 19.3 Å². The Balaban J connectivity index is 1.77. The number of anilines is 1. The van der Waals surface area contributed by atoms with Gasteiger partial charge in [-0.05, 0) is 36.8 Å². The number of rotatable bonds is 8. The van der Waals surface area contributed by atoms with E-state index in [2.05, 4.69) is 5.32 Å². The van der Waals surface area contributed by atoms with Gasteiger partial charge in [0.1, 0.15) is 11.8 Å². The topological polar surface area (TPSA) is 84.9 Å². The zero-order valence-corrected chi connectivity index (χ0v) is 16.5. The van der Waals surface area contributed by atoms with Crippen molar-refractivity contribution in [1.82, 2.24) is 5.32 Å². The Morgan fingerprint density at radius 1 is 1.07 bits per heavy atom. The van der Waals surface area contributed by atoms with E-state index >= 15 is 0 Å². The summed E-state index contributed by atoms with van der Waals surface area (Å²) >= 11 is 0. The van der Waals surface area contributed by atoms with Gasteiger partial charge in [0.15, 0.2) is 0 Å². The van der Waals surface area contributed by atoms with E-state index < -0.39 is 17.9 Å². The summed E-state index contributed by atoms with van der Waals surface area (Å²) in [6.45, 7) is 2.27. The van der Waals surface area contributed by atoms with Gasteiger partial charge >= 0.3 is 5.97 Å². The molecule has 2 aromatic carbocycles. The summed E-state index contributed by atoms with van der Waals surface area (Å²) < 4.78 is 10.1. The number of carbonyl (C=O) groups excluding carboxylic acids is 3. The summed E-state index contributed by atoms with van der Waals surface area (Å²) in [5, 5.41) is 2.87. The fourth-order valence-corrected chi connectivity index (χ4v) is 3.37. The molecule has 7 heteroatoms. The van der Waals surface area contributed by atoms with Gasteiger partial charge in [-0.1, -0.05) is 30.3 Å². The number of β-lactam (4-membered cyclic amide) rings is 1. The molecule has 2 aromatic rings. The first-order valence-corrected chi connectivity index (χ1v) is 9.49. The largest absolute Gasteiger partial charge is 0.497 e. The molecule has 0 unspecified atom stereocenters. The maximum absolute atomic E-state index is 12.9. The van der Waals surface area contributed by atoms with Crippen LogP contribution in [0, 0.1) is 5.92 Å². The zero-order valence-electron chi connectivity index (χ0n) is 16.5. The number of ether oxygens (including phenoxy) is 2. The first-order valence-electron chi connectivity index (χ1n) is 9.49. The van der Waals surface area contributed by atoms with Crippen LogP contribution < -0.4 is 15.0 Å². The maximum atomic E-state index is 12.9. The van der Waals surface area contributed by atoms with E-state index in [1.54, 1.807) is 38.3 Å². The van der Waals surface area contributed by atoms with Crippen molar-refractivity contribution in [2.45, 2.75) is 25.9 Å². The van der Waals surface area contributed by atoms with Crippen molar-refractivity contribution in [3.8, 4) is 5.75 Å². The van der Waals surface area contributed by atoms with E-state index in [0.29, 0.717) is 18.0 Å². The third-order valence-corrected chi connectivity index (χ3v) is 4.83. The third-order valence-electron chi connectivity index (χ3n) is 4.83. The van der Waals surface area contributed by atoms with Crippen molar-refractivity contribution in [3.63, 3.8) is 0 Å². The van der Waals surface area contributed by atoms with Crippen LogP contribution in [0.5, 0.6) is 5.75 Å². The van der Waals surface area contributed by atoms with E-state index in [0.717, 1.165) is 5.56 Å². The van der Waals surface area contributed by atoms with E-state index in [4.69, 9.17) is 9.47 Å². The number of esters is 1. The fourth-order valence-electron chi connectivity index (χ4n) is 3.37. The minimum atomic E-state index is -0.774. The van der Waals surface area contributed by atoms with Crippen LogP contribution in [-0.2, 0) is 25.7 Å².